The van der Waals surface area contributed by atoms with Crippen LogP contribution < -0.4 is 16.4 Å². The molecular formula is C12H17Cl2N3O2. The maximum Gasteiger partial charge on any atom is 0.224 e. The predicted molar refractivity (Wildman–Crippen MR) is 79.9 cm³/mol. The van der Waals surface area contributed by atoms with Gasteiger partial charge in [0.25, 0.3) is 0 Å². The van der Waals surface area contributed by atoms with Crippen LogP contribution in [-0.2, 0) is 9.59 Å². The van der Waals surface area contributed by atoms with E-state index in [1.165, 1.54) is 6.92 Å². The number of halogens is 2. The lowest BCUT2D eigenvalue weighted by Crippen LogP contribution is -2.14. The summed E-state index contributed by atoms with van der Waals surface area (Å²) < 4.78 is 0. The molecule has 0 unspecified atom stereocenters. The molecule has 0 radical (unpaired) electrons. The van der Waals surface area contributed by atoms with Gasteiger partial charge in [0.2, 0.25) is 11.8 Å². The van der Waals surface area contributed by atoms with E-state index in [0.717, 1.165) is 0 Å². The third-order valence-corrected chi connectivity index (χ3v) is 2.50. The fourth-order valence-electron chi connectivity index (χ4n) is 1.38. The molecule has 0 aliphatic heterocycles. The molecule has 0 aliphatic carbocycles. The molecule has 2 amide bonds. The van der Waals surface area contributed by atoms with Gasteiger partial charge < -0.3 is 16.4 Å². The molecule has 0 atom stereocenters. The van der Waals surface area contributed by atoms with Crippen LogP contribution in [0.5, 0.6) is 0 Å². The number of nitrogens with two attached hydrogens (primary N) is 1. The summed E-state index contributed by atoms with van der Waals surface area (Å²) in [7, 11) is 0. The maximum absolute atomic E-state index is 11.5. The van der Waals surface area contributed by atoms with E-state index in [1.807, 2.05) is 0 Å². The van der Waals surface area contributed by atoms with Crippen molar-refractivity contribution in [1.82, 2.24) is 0 Å². The molecule has 0 heterocycles. The first kappa shape index (κ1) is 17.7. The monoisotopic (exact) mass is 305 g/mol. The Balaban J connectivity index is 0.00000324. The van der Waals surface area contributed by atoms with Crippen LogP contribution in [0.4, 0.5) is 11.4 Å². The minimum atomic E-state index is -0.183. The number of carbonyl (C=O) groups is 2. The van der Waals surface area contributed by atoms with E-state index in [-0.39, 0.29) is 24.2 Å². The quantitative estimate of drug-likeness (QED) is 0.781. The van der Waals surface area contributed by atoms with E-state index < -0.39 is 0 Å². The predicted octanol–water partition coefficient (Wildman–Crippen LogP) is 2.40. The highest BCUT2D eigenvalue weighted by Gasteiger charge is 2.07. The second-order valence-electron chi connectivity index (χ2n) is 3.82. The molecule has 1 rings (SSSR count). The van der Waals surface area contributed by atoms with E-state index in [1.54, 1.807) is 18.2 Å². The van der Waals surface area contributed by atoms with Gasteiger partial charge in [-0.05, 0) is 31.2 Å². The molecule has 0 aromatic heterocycles. The zero-order chi connectivity index (χ0) is 13.5. The van der Waals surface area contributed by atoms with Gasteiger partial charge in [0.1, 0.15) is 0 Å². The van der Waals surface area contributed by atoms with Crippen LogP contribution in [0.2, 0.25) is 5.02 Å². The van der Waals surface area contributed by atoms with Crippen molar-refractivity contribution in [1.29, 1.82) is 0 Å². The average molecular weight is 306 g/mol. The van der Waals surface area contributed by atoms with Crippen LogP contribution in [0.3, 0.4) is 0 Å². The van der Waals surface area contributed by atoms with E-state index >= 15 is 0 Å². The van der Waals surface area contributed by atoms with Crippen molar-refractivity contribution in [3.8, 4) is 0 Å². The second kappa shape index (κ2) is 8.74. The summed E-state index contributed by atoms with van der Waals surface area (Å²) in [5.74, 6) is -0.333. The average Bonchev–Trinajstić information content (AvgIpc) is 2.30. The molecule has 4 N–H and O–H groups in total. The highest BCUT2D eigenvalue weighted by atomic mass is 35.5. The first-order valence-electron chi connectivity index (χ1n) is 5.60. The molecule has 0 fully saturated rings. The summed E-state index contributed by atoms with van der Waals surface area (Å²) in [5, 5.41) is 5.72. The van der Waals surface area contributed by atoms with Crippen LogP contribution >= 0.6 is 24.0 Å². The number of hydrogen-bond acceptors (Lipinski definition) is 3. The molecule has 1 aromatic carbocycles. The SMILES string of the molecule is CC(=O)Nc1ccc(Cl)c(NC(=O)CCCN)c1.Cl. The highest BCUT2D eigenvalue weighted by molar-refractivity contribution is 6.33. The Morgan fingerprint density at radius 2 is 2.00 bits per heavy atom. The molecule has 106 valence electrons. The number of amides is 2. The van der Waals surface area contributed by atoms with Gasteiger partial charge >= 0.3 is 0 Å². The summed E-state index contributed by atoms with van der Waals surface area (Å²) in [5.41, 5.74) is 6.39. The van der Waals surface area contributed by atoms with Crippen molar-refractivity contribution >= 4 is 47.2 Å². The van der Waals surface area contributed by atoms with E-state index in [4.69, 9.17) is 17.3 Å². The Kier molecular flexibility index (Phi) is 8.14. The molecule has 7 heteroatoms. The van der Waals surface area contributed by atoms with Crippen molar-refractivity contribution in [2.24, 2.45) is 5.73 Å². The normalized spacial score (nSPS) is 9.42. The molecule has 0 aliphatic rings. The van der Waals surface area contributed by atoms with Crippen molar-refractivity contribution < 1.29 is 9.59 Å². The van der Waals surface area contributed by atoms with Gasteiger partial charge in [0.15, 0.2) is 0 Å². The van der Waals surface area contributed by atoms with Crippen LogP contribution in [-0.4, -0.2) is 18.4 Å². The first-order chi connectivity index (χ1) is 8.52. The molecule has 0 spiro atoms. The van der Waals surface area contributed by atoms with Crippen molar-refractivity contribution in [3.63, 3.8) is 0 Å². The molecule has 0 saturated carbocycles. The fourth-order valence-corrected chi connectivity index (χ4v) is 1.54. The lowest BCUT2D eigenvalue weighted by atomic mass is 10.2. The van der Waals surface area contributed by atoms with Crippen molar-refractivity contribution in [3.05, 3.63) is 23.2 Å². The topological polar surface area (TPSA) is 84.2 Å². The van der Waals surface area contributed by atoms with Gasteiger partial charge in [-0.2, -0.15) is 0 Å². The van der Waals surface area contributed by atoms with E-state index in [2.05, 4.69) is 10.6 Å². The largest absolute Gasteiger partial charge is 0.330 e. The van der Waals surface area contributed by atoms with Gasteiger partial charge in [0.05, 0.1) is 10.7 Å². The molecule has 1 aromatic rings. The van der Waals surface area contributed by atoms with Gasteiger partial charge in [-0.3, -0.25) is 9.59 Å². The molecule has 0 saturated heterocycles. The Labute approximate surface area is 123 Å². The standard InChI is InChI=1S/C12H16ClN3O2.ClH/c1-8(17)15-9-4-5-10(13)11(7-9)16-12(18)3-2-6-14;/h4-5,7H,2-3,6,14H2,1H3,(H,15,17)(H,16,18);1H. The summed E-state index contributed by atoms with van der Waals surface area (Å²) in [6, 6.07) is 4.90. The van der Waals surface area contributed by atoms with Crippen LogP contribution in [0.1, 0.15) is 19.8 Å². The number of carbonyl (C=O) groups excluding carboxylic acids is 2. The molecule has 5 nitrogen and oxygen atoms in total. The number of nitrogens with one attached hydrogen (secondary N) is 2. The van der Waals surface area contributed by atoms with Gasteiger partial charge in [-0.1, -0.05) is 11.6 Å². The van der Waals surface area contributed by atoms with Crippen molar-refractivity contribution in [2.75, 3.05) is 17.2 Å². The third kappa shape index (κ3) is 6.42. The van der Waals surface area contributed by atoms with Crippen molar-refractivity contribution in [2.45, 2.75) is 19.8 Å². The number of rotatable bonds is 5. The fraction of sp³-hybridized carbons (Fsp3) is 0.333. The number of benzene rings is 1. The van der Waals surface area contributed by atoms with Gasteiger partial charge in [-0.25, -0.2) is 0 Å². The summed E-state index contributed by atoms with van der Waals surface area (Å²) in [4.78, 5) is 22.5. The van der Waals surface area contributed by atoms with Gasteiger partial charge in [-0.15, -0.1) is 12.4 Å². The Morgan fingerprint density at radius 3 is 2.58 bits per heavy atom. The van der Waals surface area contributed by atoms with Crippen LogP contribution in [0.15, 0.2) is 18.2 Å². The summed E-state index contributed by atoms with van der Waals surface area (Å²) >= 11 is 5.96. The summed E-state index contributed by atoms with van der Waals surface area (Å²) in [6.07, 6.45) is 0.964. The Morgan fingerprint density at radius 1 is 1.32 bits per heavy atom. The van der Waals surface area contributed by atoms with Gasteiger partial charge in [0, 0.05) is 19.0 Å². The third-order valence-electron chi connectivity index (χ3n) is 2.17. The smallest absolute Gasteiger partial charge is 0.224 e. The maximum atomic E-state index is 11.5. The molecule has 19 heavy (non-hydrogen) atoms. The Hall–Kier alpha value is -1.30. The van der Waals surface area contributed by atoms with Crippen LogP contribution in [0.25, 0.3) is 0 Å². The second-order valence-corrected chi connectivity index (χ2v) is 4.22. The lowest BCUT2D eigenvalue weighted by Gasteiger charge is -2.09. The minimum Gasteiger partial charge on any atom is -0.330 e. The zero-order valence-electron chi connectivity index (χ0n) is 10.5. The minimum absolute atomic E-state index is 0. The first-order valence-corrected chi connectivity index (χ1v) is 5.98. The molecular weight excluding hydrogens is 289 g/mol. The zero-order valence-corrected chi connectivity index (χ0v) is 12.1. The highest BCUT2D eigenvalue weighted by Crippen LogP contribution is 2.25. The lowest BCUT2D eigenvalue weighted by molar-refractivity contribution is -0.116. The van der Waals surface area contributed by atoms with E-state index in [0.29, 0.717) is 35.8 Å². The van der Waals surface area contributed by atoms with E-state index in [9.17, 15) is 9.59 Å². The number of anilines is 2. The van der Waals surface area contributed by atoms with Crippen LogP contribution in [0, 0.1) is 0 Å². The Bertz CT molecular complexity index is 453. The number of hydrogen-bond donors (Lipinski definition) is 3. The summed E-state index contributed by atoms with van der Waals surface area (Å²) in [6.45, 7) is 1.88. The molecule has 0 bridgehead atoms.